The van der Waals surface area contributed by atoms with Crippen molar-refractivity contribution in [2.75, 3.05) is 13.1 Å². The Morgan fingerprint density at radius 1 is 0.913 bits per heavy atom. The van der Waals surface area contributed by atoms with Crippen LogP contribution in [0.2, 0.25) is 0 Å². The van der Waals surface area contributed by atoms with Crippen molar-refractivity contribution in [3.63, 3.8) is 0 Å². The summed E-state index contributed by atoms with van der Waals surface area (Å²) in [6, 6.07) is 17.1. The Morgan fingerprint density at radius 3 is 2.09 bits per heavy atom. The highest BCUT2D eigenvalue weighted by molar-refractivity contribution is 5.94. The minimum Gasteiger partial charge on any atom is -0.457 e. The molecule has 1 fully saturated rings. The Morgan fingerprint density at radius 2 is 1.48 bits per heavy atom. The molecule has 2 atom stereocenters. The number of hydrogen-bond donors (Lipinski definition) is 0. The molecule has 0 unspecified atom stereocenters. The van der Waals surface area contributed by atoms with Crippen LogP contribution >= 0.6 is 0 Å². The van der Waals surface area contributed by atoms with E-state index in [2.05, 4.69) is 13.8 Å². The molecule has 1 aliphatic rings. The van der Waals surface area contributed by atoms with Gasteiger partial charge >= 0.3 is 0 Å². The highest BCUT2D eigenvalue weighted by Gasteiger charge is 2.26. The van der Waals surface area contributed by atoms with Crippen LogP contribution in [-0.2, 0) is 0 Å². The monoisotopic (exact) mass is 309 g/mol. The van der Waals surface area contributed by atoms with Gasteiger partial charge in [-0.3, -0.25) is 4.79 Å². The Hall–Kier alpha value is -2.29. The first-order valence-corrected chi connectivity index (χ1v) is 8.24. The zero-order chi connectivity index (χ0) is 16.2. The molecule has 0 N–H and O–H groups in total. The van der Waals surface area contributed by atoms with E-state index in [9.17, 15) is 4.79 Å². The normalized spacial score (nSPS) is 21.0. The molecular formula is C20H23NO2. The lowest BCUT2D eigenvalue weighted by Crippen LogP contribution is -2.42. The molecule has 2 aromatic rings. The van der Waals surface area contributed by atoms with Crippen molar-refractivity contribution >= 4 is 5.91 Å². The third-order valence-corrected chi connectivity index (χ3v) is 4.24. The van der Waals surface area contributed by atoms with E-state index in [0.717, 1.165) is 30.2 Å². The fraction of sp³-hybridized carbons (Fsp3) is 0.350. The SMILES string of the molecule is C[C@@H]1C[C@H](C)CN(C(=O)c2ccc(Oc3ccccc3)cc2)C1. The lowest BCUT2D eigenvalue weighted by atomic mass is 9.91. The van der Waals surface area contributed by atoms with Gasteiger partial charge in [0.25, 0.3) is 5.91 Å². The third kappa shape index (κ3) is 3.92. The van der Waals surface area contributed by atoms with E-state index in [0.29, 0.717) is 11.8 Å². The summed E-state index contributed by atoms with van der Waals surface area (Å²) in [6.45, 7) is 6.14. The van der Waals surface area contributed by atoms with Gasteiger partial charge in [0, 0.05) is 18.7 Å². The molecule has 3 rings (SSSR count). The van der Waals surface area contributed by atoms with Gasteiger partial charge in [-0.25, -0.2) is 0 Å². The number of likely N-dealkylation sites (tertiary alicyclic amines) is 1. The minimum absolute atomic E-state index is 0.120. The van der Waals surface area contributed by atoms with Gasteiger partial charge in [-0.1, -0.05) is 32.0 Å². The van der Waals surface area contributed by atoms with Gasteiger partial charge in [0.05, 0.1) is 0 Å². The lowest BCUT2D eigenvalue weighted by molar-refractivity contribution is 0.0623. The second kappa shape index (κ2) is 6.86. The number of piperidine rings is 1. The molecule has 1 heterocycles. The highest BCUT2D eigenvalue weighted by Crippen LogP contribution is 2.24. The topological polar surface area (TPSA) is 29.5 Å². The maximum absolute atomic E-state index is 12.6. The van der Waals surface area contributed by atoms with Crippen LogP contribution in [0, 0.1) is 11.8 Å². The van der Waals surface area contributed by atoms with E-state index >= 15 is 0 Å². The van der Waals surface area contributed by atoms with Gasteiger partial charge in [-0.05, 0) is 54.7 Å². The van der Waals surface area contributed by atoms with Crippen LogP contribution < -0.4 is 4.74 Å². The largest absolute Gasteiger partial charge is 0.457 e. The fourth-order valence-electron chi connectivity index (χ4n) is 3.30. The Balaban J connectivity index is 1.68. The van der Waals surface area contributed by atoms with E-state index in [1.54, 1.807) is 0 Å². The number of carbonyl (C=O) groups is 1. The quantitative estimate of drug-likeness (QED) is 0.829. The number of para-hydroxylation sites is 1. The van der Waals surface area contributed by atoms with Gasteiger partial charge in [0.2, 0.25) is 0 Å². The van der Waals surface area contributed by atoms with Crippen LogP contribution in [0.3, 0.4) is 0 Å². The van der Waals surface area contributed by atoms with Crippen molar-refractivity contribution < 1.29 is 9.53 Å². The molecule has 23 heavy (non-hydrogen) atoms. The Bertz CT molecular complexity index is 641. The predicted octanol–water partition coefficient (Wildman–Crippen LogP) is 4.60. The summed E-state index contributed by atoms with van der Waals surface area (Å²) in [6.07, 6.45) is 1.20. The summed E-state index contributed by atoms with van der Waals surface area (Å²) in [7, 11) is 0. The molecule has 0 saturated carbocycles. The number of benzene rings is 2. The molecule has 2 aromatic carbocycles. The lowest BCUT2D eigenvalue weighted by Gasteiger charge is -2.35. The van der Waals surface area contributed by atoms with E-state index in [-0.39, 0.29) is 5.91 Å². The van der Waals surface area contributed by atoms with Gasteiger partial charge < -0.3 is 9.64 Å². The summed E-state index contributed by atoms with van der Waals surface area (Å²) in [5.41, 5.74) is 0.728. The van der Waals surface area contributed by atoms with Gasteiger partial charge in [-0.15, -0.1) is 0 Å². The zero-order valence-corrected chi connectivity index (χ0v) is 13.7. The van der Waals surface area contributed by atoms with Crippen LogP contribution in [0.5, 0.6) is 11.5 Å². The van der Waals surface area contributed by atoms with Gasteiger partial charge in [0.15, 0.2) is 0 Å². The van der Waals surface area contributed by atoms with Crippen molar-refractivity contribution in [1.82, 2.24) is 4.90 Å². The summed E-state index contributed by atoms with van der Waals surface area (Å²) in [5.74, 6) is 2.81. The van der Waals surface area contributed by atoms with Crippen LogP contribution in [0.1, 0.15) is 30.6 Å². The van der Waals surface area contributed by atoms with E-state index in [1.807, 2.05) is 59.5 Å². The number of nitrogens with zero attached hydrogens (tertiary/aromatic N) is 1. The minimum atomic E-state index is 0.120. The first-order chi connectivity index (χ1) is 11.1. The van der Waals surface area contributed by atoms with Crippen molar-refractivity contribution in [1.29, 1.82) is 0 Å². The molecule has 1 aliphatic heterocycles. The van der Waals surface area contributed by atoms with Gasteiger partial charge in [-0.2, -0.15) is 0 Å². The maximum atomic E-state index is 12.6. The van der Waals surface area contributed by atoms with Crippen LogP contribution in [0.25, 0.3) is 0 Å². The molecule has 3 nitrogen and oxygen atoms in total. The third-order valence-electron chi connectivity index (χ3n) is 4.24. The Labute approximate surface area is 137 Å². The van der Waals surface area contributed by atoms with Crippen molar-refractivity contribution in [2.24, 2.45) is 11.8 Å². The first-order valence-electron chi connectivity index (χ1n) is 8.24. The molecule has 0 aromatic heterocycles. The second-order valence-electron chi connectivity index (χ2n) is 6.60. The molecule has 120 valence electrons. The first kappa shape index (κ1) is 15.6. The molecule has 0 radical (unpaired) electrons. The molecule has 0 spiro atoms. The highest BCUT2D eigenvalue weighted by atomic mass is 16.5. The average molecular weight is 309 g/mol. The number of carbonyl (C=O) groups excluding carboxylic acids is 1. The molecule has 0 bridgehead atoms. The maximum Gasteiger partial charge on any atom is 0.253 e. The molecule has 0 aliphatic carbocycles. The molecule has 1 saturated heterocycles. The smallest absolute Gasteiger partial charge is 0.253 e. The Kier molecular flexibility index (Phi) is 4.65. The summed E-state index contributed by atoms with van der Waals surface area (Å²) < 4.78 is 5.77. The van der Waals surface area contributed by atoms with Crippen molar-refractivity contribution in [3.8, 4) is 11.5 Å². The summed E-state index contributed by atoms with van der Waals surface area (Å²) >= 11 is 0. The number of amides is 1. The molecule has 3 heteroatoms. The van der Waals surface area contributed by atoms with Crippen LogP contribution in [-0.4, -0.2) is 23.9 Å². The number of hydrogen-bond acceptors (Lipinski definition) is 2. The predicted molar refractivity (Wildman–Crippen MR) is 91.8 cm³/mol. The standard InChI is InChI=1S/C20H23NO2/c1-15-12-16(2)14-21(13-15)20(22)17-8-10-19(11-9-17)23-18-6-4-3-5-7-18/h3-11,15-16H,12-14H2,1-2H3/t15-,16+. The molecular weight excluding hydrogens is 286 g/mol. The molecule has 1 amide bonds. The zero-order valence-electron chi connectivity index (χ0n) is 13.7. The van der Waals surface area contributed by atoms with Gasteiger partial charge in [0.1, 0.15) is 11.5 Å². The van der Waals surface area contributed by atoms with E-state index in [4.69, 9.17) is 4.74 Å². The summed E-state index contributed by atoms with van der Waals surface area (Å²) in [4.78, 5) is 14.6. The van der Waals surface area contributed by atoms with Crippen LogP contribution in [0.15, 0.2) is 54.6 Å². The number of ether oxygens (including phenoxy) is 1. The second-order valence-corrected chi connectivity index (χ2v) is 6.60. The van der Waals surface area contributed by atoms with Crippen LogP contribution in [0.4, 0.5) is 0 Å². The average Bonchev–Trinajstić information content (AvgIpc) is 2.55. The fourth-order valence-corrected chi connectivity index (χ4v) is 3.30. The van der Waals surface area contributed by atoms with E-state index < -0.39 is 0 Å². The van der Waals surface area contributed by atoms with E-state index in [1.165, 1.54) is 6.42 Å². The van der Waals surface area contributed by atoms with Crippen molar-refractivity contribution in [3.05, 3.63) is 60.2 Å². The summed E-state index contributed by atoms with van der Waals surface area (Å²) in [5, 5.41) is 0. The number of rotatable bonds is 3. The van der Waals surface area contributed by atoms with Crippen molar-refractivity contribution in [2.45, 2.75) is 20.3 Å².